The van der Waals surface area contributed by atoms with Gasteiger partial charge in [-0.3, -0.25) is 4.90 Å². The summed E-state index contributed by atoms with van der Waals surface area (Å²) in [6, 6.07) is 14.2. The van der Waals surface area contributed by atoms with Crippen LogP contribution in [0.25, 0.3) is 0 Å². The minimum absolute atomic E-state index is 0.177. The molecule has 0 aliphatic carbocycles. The minimum Gasteiger partial charge on any atom is -0.410 e. The smallest absolute Gasteiger partial charge is 0.410 e. The highest BCUT2D eigenvalue weighted by atomic mass is 35.5. The van der Waals surface area contributed by atoms with Gasteiger partial charge in [0.15, 0.2) is 5.82 Å². The summed E-state index contributed by atoms with van der Waals surface area (Å²) in [5, 5.41) is 9.93. The minimum atomic E-state index is -0.395. The van der Waals surface area contributed by atoms with Gasteiger partial charge in [0.1, 0.15) is 11.6 Å². The molecule has 1 aromatic heterocycles. The molecule has 6 nitrogen and oxygen atoms in total. The van der Waals surface area contributed by atoms with E-state index < -0.39 is 6.09 Å². The Balaban J connectivity index is 1.55. The van der Waals surface area contributed by atoms with Gasteiger partial charge in [-0.1, -0.05) is 35.3 Å². The summed E-state index contributed by atoms with van der Waals surface area (Å²) in [7, 11) is 0. The molecule has 1 amide bonds. The second kappa shape index (κ2) is 8.43. The van der Waals surface area contributed by atoms with Crippen molar-refractivity contribution in [3.63, 3.8) is 0 Å². The maximum Gasteiger partial charge on any atom is 0.415 e. The van der Waals surface area contributed by atoms with Crippen molar-refractivity contribution in [2.75, 3.05) is 6.54 Å². The van der Waals surface area contributed by atoms with Crippen LogP contribution in [-0.2, 0) is 6.54 Å². The van der Waals surface area contributed by atoms with Crippen LogP contribution in [0.3, 0.4) is 0 Å². The lowest BCUT2D eigenvalue weighted by atomic mass is 10.2. The highest BCUT2D eigenvalue weighted by Gasteiger charge is 2.35. The Labute approximate surface area is 179 Å². The third-order valence-electron chi connectivity index (χ3n) is 5.02. The van der Waals surface area contributed by atoms with Gasteiger partial charge in [0.25, 0.3) is 0 Å². The van der Waals surface area contributed by atoms with Gasteiger partial charge in [0.2, 0.25) is 0 Å². The Morgan fingerprint density at radius 1 is 1.07 bits per heavy atom. The van der Waals surface area contributed by atoms with E-state index in [2.05, 4.69) is 10.2 Å². The van der Waals surface area contributed by atoms with Crippen LogP contribution in [0.2, 0.25) is 10.0 Å². The fraction of sp³-hybridized carbons (Fsp3) is 0.286. The number of aromatic nitrogens is 3. The van der Waals surface area contributed by atoms with E-state index in [0.717, 1.165) is 30.1 Å². The second-order valence-electron chi connectivity index (χ2n) is 6.99. The number of halogens is 2. The van der Waals surface area contributed by atoms with Crippen molar-refractivity contribution in [2.24, 2.45) is 0 Å². The van der Waals surface area contributed by atoms with Crippen LogP contribution in [0.5, 0.6) is 5.75 Å². The molecule has 1 atom stereocenters. The molecule has 1 aliphatic heterocycles. The van der Waals surface area contributed by atoms with Crippen LogP contribution in [0.4, 0.5) is 4.79 Å². The molecule has 0 spiro atoms. The molecule has 0 radical (unpaired) electrons. The molecule has 0 N–H and O–H groups in total. The zero-order valence-electron chi connectivity index (χ0n) is 15.9. The van der Waals surface area contributed by atoms with E-state index in [1.807, 2.05) is 35.8 Å². The summed E-state index contributed by atoms with van der Waals surface area (Å²) >= 11 is 11.9. The van der Waals surface area contributed by atoms with E-state index in [0.29, 0.717) is 28.9 Å². The van der Waals surface area contributed by atoms with Gasteiger partial charge in [0.05, 0.1) is 12.6 Å². The predicted octanol–water partition coefficient (Wildman–Crippen LogP) is 5.28. The third kappa shape index (κ3) is 4.38. The number of amides is 1. The molecular weight excluding hydrogens is 411 g/mol. The van der Waals surface area contributed by atoms with Crippen molar-refractivity contribution in [3.05, 3.63) is 75.8 Å². The molecule has 1 aliphatic rings. The lowest BCUT2D eigenvalue weighted by Crippen LogP contribution is -2.34. The Morgan fingerprint density at radius 2 is 1.72 bits per heavy atom. The van der Waals surface area contributed by atoms with Crippen molar-refractivity contribution in [1.82, 2.24) is 19.7 Å². The first-order chi connectivity index (χ1) is 14.0. The van der Waals surface area contributed by atoms with Crippen molar-refractivity contribution in [1.29, 1.82) is 0 Å². The SMILES string of the molecule is Cc1nnc(C2CCCN2C(=O)Oc2ccc(Cl)cc2)n1Cc1ccc(Cl)cc1. The predicted molar refractivity (Wildman–Crippen MR) is 111 cm³/mol. The van der Waals surface area contributed by atoms with E-state index in [9.17, 15) is 4.79 Å². The number of carbonyl (C=O) groups is 1. The number of nitrogens with zero attached hydrogens (tertiary/aromatic N) is 4. The molecule has 1 fully saturated rings. The summed E-state index contributed by atoms with van der Waals surface area (Å²) in [5.74, 6) is 2.03. The highest BCUT2D eigenvalue weighted by Crippen LogP contribution is 2.32. The lowest BCUT2D eigenvalue weighted by molar-refractivity contribution is 0.144. The molecule has 150 valence electrons. The maximum atomic E-state index is 12.8. The number of likely N-dealkylation sites (tertiary alicyclic amines) is 1. The van der Waals surface area contributed by atoms with Crippen molar-refractivity contribution >= 4 is 29.3 Å². The number of aryl methyl sites for hydroxylation is 1. The monoisotopic (exact) mass is 430 g/mol. The van der Waals surface area contributed by atoms with Crippen LogP contribution < -0.4 is 4.74 Å². The van der Waals surface area contributed by atoms with Gasteiger partial charge in [-0.25, -0.2) is 4.79 Å². The molecule has 4 rings (SSSR count). The third-order valence-corrected chi connectivity index (χ3v) is 5.53. The molecule has 0 bridgehead atoms. The second-order valence-corrected chi connectivity index (χ2v) is 7.86. The van der Waals surface area contributed by atoms with E-state index >= 15 is 0 Å². The molecule has 2 aromatic carbocycles. The average molecular weight is 431 g/mol. The van der Waals surface area contributed by atoms with Crippen LogP contribution in [0.1, 0.15) is 36.1 Å². The van der Waals surface area contributed by atoms with Crippen molar-refractivity contribution in [2.45, 2.75) is 32.4 Å². The number of benzene rings is 2. The molecule has 2 heterocycles. The van der Waals surface area contributed by atoms with Crippen LogP contribution in [-0.4, -0.2) is 32.3 Å². The number of rotatable bonds is 4. The first-order valence-corrected chi connectivity index (χ1v) is 10.1. The summed E-state index contributed by atoms with van der Waals surface area (Å²) in [6.45, 7) is 3.14. The summed E-state index contributed by atoms with van der Waals surface area (Å²) < 4.78 is 7.58. The quantitative estimate of drug-likeness (QED) is 0.564. The standard InChI is InChI=1S/C21H20Cl2N4O2/c1-14-24-25-20(27(14)13-15-4-6-16(22)7-5-15)19-3-2-12-26(19)21(28)29-18-10-8-17(23)9-11-18/h4-11,19H,2-3,12-13H2,1H3. The normalized spacial score (nSPS) is 16.2. The van der Waals surface area contributed by atoms with E-state index in [1.54, 1.807) is 29.2 Å². The molecular formula is C21H20Cl2N4O2. The van der Waals surface area contributed by atoms with Gasteiger partial charge < -0.3 is 9.30 Å². The first-order valence-electron chi connectivity index (χ1n) is 9.39. The first kappa shape index (κ1) is 19.7. The summed E-state index contributed by atoms with van der Waals surface area (Å²) in [5.41, 5.74) is 1.09. The van der Waals surface area contributed by atoms with Gasteiger partial charge in [-0.2, -0.15) is 0 Å². The Morgan fingerprint density at radius 3 is 2.41 bits per heavy atom. The van der Waals surface area contributed by atoms with E-state index in [-0.39, 0.29) is 6.04 Å². The van der Waals surface area contributed by atoms with Gasteiger partial charge in [0, 0.05) is 16.6 Å². The molecule has 29 heavy (non-hydrogen) atoms. The molecule has 8 heteroatoms. The van der Waals surface area contributed by atoms with Crippen molar-refractivity contribution < 1.29 is 9.53 Å². The number of hydrogen-bond acceptors (Lipinski definition) is 4. The maximum absolute atomic E-state index is 12.8. The topological polar surface area (TPSA) is 60.3 Å². The molecule has 1 saturated heterocycles. The van der Waals surface area contributed by atoms with Gasteiger partial charge in [-0.15, -0.1) is 10.2 Å². The lowest BCUT2D eigenvalue weighted by Gasteiger charge is -2.24. The fourth-order valence-corrected chi connectivity index (χ4v) is 3.78. The Kier molecular flexibility index (Phi) is 5.74. The van der Waals surface area contributed by atoms with E-state index in [4.69, 9.17) is 27.9 Å². The number of ether oxygens (including phenoxy) is 1. The largest absolute Gasteiger partial charge is 0.415 e. The Hall–Kier alpha value is -2.57. The Bertz CT molecular complexity index is 1000. The van der Waals surface area contributed by atoms with Crippen LogP contribution >= 0.6 is 23.2 Å². The fourth-order valence-electron chi connectivity index (χ4n) is 3.53. The van der Waals surface area contributed by atoms with Gasteiger partial charge in [-0.05, 0) is 61.7 Å². The van der Waals surface area contributed by atoms with E-state index in [1.165, 1.54) is 0 Å². The summed E-state index contributed by atoms with van der Waals surface area (Å²) in [6.07, 6.45) is 1.30. The van der Waals surface area contributed by atoms with Crippen LogP contribution in [0, 0.1) is 6.92 Å². The zero-order valence-corrected chi connectivity index (χ0v) is 17.4. The van der Waals surface area contributed by atoms with Gasteiger partial charge >= 0.3 is 6.09 Å². The number of hydrogen-bond donors (Lipinski definition) is 0. The molecule has 0 saturated carbocycles. The molecule has 1 unspecified atom stereocenters. The zero-order chi connectivity index (χ0) is 20.4. The van der Waals surface area contributed by atoms with Crippen molar-refractivity contribution in [3.8, 4) is 5.75 Å². The average Bonchev–Trinajstić information content (AvgIpc) is 3.33. The van der Waals surface area contributed by atoms with Crippen LogP contribution in [0.15, 0.2) is 48.5 Å². The summed E-state index contributed by atoms with van der Waals surface area (Å²) in [4.78, 5) is 14.5. The molecule has 3 aromatic rings. The highest BCUT2D eigenvalue weighted by molar-refractivity contribution is 6.30. The number of carbonyl (C=O) groups excluding carboxylic acids is 1.